The van der Waals surface area contributed by atoms with Gasteiger partial charge in [-0.15, -0.1) is 0 Å². The zero-order chi connectivity index (χ0) is 15.5. The van der Waals surface area contributed by atoms with Crippen molar-refractivity contribution >= 4 is 5.97 Å². The largest absolute Gasteiger partial charge is 0.465 e. The van der Waals surface area contributed by atoms with E-state index in [1.54, 1.807) is 12.1 Å². The fourth-order valence-electron chi connectivity index (χ4n) is 2.42. The Balaban J connectivity index is 1.95. The first-order valence-electron chi connectivity index (χ1n) is 7.03. The van der Waals surface area contributed by atoms with Crippen LogP contribution in [0.1, 0.15) is 16.1 Å². The van der Waals surface area contributed by atoms with Crippen molar-refractivity contribution in [2.75, 3.05) is 7.11 Å². The summed E-state index contributed by atoms with van der Waals surface area (Å²) < 4.78 is 10.6. The van der Waals surface area contributed by atoms with E-state index in [1.165, 1.54) is 7.11 Å². The lowest BCUT2D eigenvalue weighted by Gasteiger charge is -2.00. The summed E-state index contributed by atoms with van der Waals surface area (Å²) >= 11 is 0. The van der Waals surface area contributed by atoms with E-state index in [0.29, 0.717) is 5.56 Å². The topological polar surface area (TPSA) is 39.4 Å². The molecule has 110 valence electrons. The van der Waals surface area contributed by atoms with Crippen molar-refractivity contribution in [3.05, 3.63) is 72.0 Å². The Labute approximate surface area is 129 Å². The zero-order valence-corrected chi connectivity index (χ0v) is 12.5. The van der Waals surface area contributed by atoms with Crippen molar-refractivity contribution in [1.29, 1.82) is 0 Å². The first-order valence-corrected chi connectivity index (χ1v) is 7.03. The minimum atomic E-state index is -0.341. The molecule has 0 bridgehead atoms. The third-order valence-corrected chi connectivity index (χ3v) is 3.59. The number of carbonyl (C=O) groups excluding carboxylic acids is 1. The number of methoxy groups -OCH3 is 1. The molecule has 3 rings (SSSR count). The van der Waals surface area contributed by atoms with Crippen LogP contribution < -0.4 is 0 Å². The van der Waals surface area contributed by atoms with Gasteiger partial charge in [-0.05, 0) is 30.7 Å². The summed E-state index contributed by atoms with van der Waals surface area (Å²) in [5.41, 5.74) is 3.66. The summed E-state index contributed by atoms with van der Waals surface area (Å²) in [7, 11) is 1.37. The molecule has 0 spiro atoms. The number of carbonyl (C=O) groups is 1. The van der Waals surface area contributed by atoms with Gasteiger partial charge in [-0.3, -0.25) is 0 Å². The summed E-state index contributed by atoms with van der Waals surface area (Å²) in [6.45, 7) is 1.95. The van der Waals surface area contributed by atoms with E-state index in [2.05, 4.69) is 12.1 Å². The van der Waals surface area contributed by atoms with Crippen molar-refractivity contribution in [3.8, 4) is 22.5 Å². The van der Waals surface area contributed by atoms with Gasteiger partial charge < -0.3 is 9.15 Å². The lowest BCUT2D eigenvalue weighted by molar-refractivity contribution is 0.0601. The molecule has 0 fully saturated rings. The van der Waals surface area contributed by atoms with Gasteiger partial charge in [0.05, 0.1) is 12.7 Å². The van der Waals surface area contributed by atoms with E-state index in [4.69, 9.17) is 9.15 Å². The molecule has 3 nitrogen and oxygen atoms in total. The molecule has 0 amide bonds. The highest BCUT2D eigenvalue weighted by atomic mass is 16.5. The zero-order valence-electron chi connectivity index (χ0n) is 12.5. The van der Waals surface area contributed by atoms with Crippen molar-refractivity contribution < 1.29 is 13.9 Å². The van der Waals surface area contributed by atoms with Crippen LogP contribution in [0.2, 0.25) is 0 Å². The average Bonchev–Trinajstić information content (AvgIpc) is 2.97. The summed E-state index contributed by atoms with van der Waals surface area (Å²) in [6, 6.07) is 19.3. The number of hydrogen-bond donors (Lipinski definition) is 0. The molecule has 0 saturated carbocycles. The van der Waals surface area contributed by atoms with Gasteiger partial charge in [-0.1, -0.05) is 42.5 Å². The minimum absolute atomic E-state index is 0.341. The smallest absolute Gasteiger partial charge is 0.337 e. The van der Waals surface area contributed by atoms with Gasteiger partial charge >= 0.3 is 5.97 Å². The lowest BCUT2D eigenvalue weighted by atomic mass is 10.0. The van der Waals surface area contributed by atoms with Gasteiger partial charge in [-0.2, -0.15) is 0 Å². The monoisotopic (exact) mass is 292 g/mol. The SMILES string of the molecule is COC(=O)c1ccc(-c2cc(-c3ccccc3)c(C)o2)cc1. The van der Waals surface area contributed by atoms with Gasteiger partial charge in [0.25, 0.3) is 0 Å². The molecule has 0 atom stereocenters. The Morgan fingerprint density at radius 1 is 0.955 bits per heavy atom. The Morgan fingerprint density at radius 2 is 1.64 bits per heavy atom. The molecular formula is C19H16O3. The van der Waals surface area contributed by atoms with E-state index in [0.717, 1.165) is 28.2 Å². The number of ether oxygens (including phenoxy) is 1. The molecule has 0 aliphatic rings. The molecule has 0 aliphatic carbocycles. The van der Waals surface area contributed by atoms with Crippen molar-refractivity contribution in [2.45, 2.75) is 6.92 Å². The maximum atomic E-state index is 11.5. The molecule has 0 N–H and O–H groups in total. The highest BCUT2D eigenvalue weighted by molar-refractivity contribution is 5.89. The number of benzene rings is 2. The molecule has 3 heteroatoms. The molecule has 2 aromatic carbocycles. The summed E-state index contributed by atoms with van der Waals surface area (Å²) in [5.74, 6) is 1.32. The Kier molecular flexibility index (Phi) is 3.79. The molecule has 0 saturated heterocycles. The minimum Gasteiger partial charge on any atom is -0.465 e. The van der Waals surface area contributed by atoms with Crippen LogP contribution in [0.4, 0.5) is 0 Å². The van der Waals surface area contributed by atoms with E-state index in [9.17, 15) is 4.79 Å². The van der Waals surface area contributed by atoms with Gasteiger partial charge in [0.1, 0.15) is 11.5 Å². The van der Waals surface area contributed by atoms with Crippen molar-refractivity contribution in [1.82, 2.24) is 0 Å². The summed E-state index contributed by atoms with van der Waals surface area (Å²) in [4.78, 5) is 11.5. The first kappa shape index (κ1) is 14.1. The summed E-state index contributed by atoms with van der Waals surface area (Å²) in [5, 5.41) is 0. The maximum absolute atomic E-state index is 11.5. The summed E-state index contributed by atoms with van der Waals surface area (Å²) in [6.07, 6.45) is 0. The molecule has 22 heavy (non-hydrogen) atoms. The number of furan rings is 1. The predicted molar refractivity (Wildman–Crippen MR) is 85.7 cm³/mol. The molecular weight excluding hydrogens is 276 g/mol. The lowest BCUT2D eigenvalue weighted by Crippen LogP contribution is -2.00. The van der Waals surface area contributed by atoms with Crippen LogP contribution >= 0.6 is 0 Å². The molecule has 0 aliphatic heterocycles. The average molecular weight is 292 g/mol. The second-order valence-electron chi connectivity index (χ2n) is 5.02. The highest BCUT2D eigenvalue weighted by Crippen LogP contribution is 2.32. The first-order chi connectivity index (χ1) is 10.7. The van der Waals surface area contributed by atoms with Gasteiger partial charge in [0, 0.05) is 11.1 Å². The molecule has 0 radical (unpaired) electrons. The van der Waals surface area contributed by atoms with Crippen LogP contribution in [-0.2, 0) is 4.74 Å². The van der Waals surface area contributed by atoms with Crippen molar-refractivity contribution in [3.63, 3.8) is 0 Å². The van der Waals surface area contributed by atoms with Crippen LogP contribution in [-0.4, -0.2) is 13.1 Å². The Hall–Kier alpha value is -2.81. The van der Waals surface area contributed by atoms with E-state index < -0.39 is 0 Å². The number of aryl methyl sites for hydroxylation is 1. The highest BCUT2D eigenvalue weighted by Gasteiger charge is 2.12. The van der Waals surface area contributed by atoms with E-state index in [-0.39, 0.29) is 5.97 Å². The fraction of sp³-hybridized carbons (Fsp3) is 0.105. The normalized spacial score (nSPS) is 10.5. The van der Waals surface area contributed by atoms with E-state index in [1.807, 2.05) is 43.3 Å². The van der Waals surface area contributed by atoms with Crippen LogP contribution in [0.15, 0.2) is 65.1 Å². The van der Waals surface area contributed by atoms with Gasteiger partial charge in [0.2, 0.25) is 0 Å². The molecule has 0 unspecified atom stereocenters. The second-order valence-corrected chi connectivity index (χ2v) is 5.02. The fourth-order valence-corrected chi connectivity index (χ4v) is 2.42. The number of rotatable bonds is 3. The number of hydrogen-bond acceptors (Lipinski definition) is 3. The standard InChI is InChI=1S/C19H16O3/c1-13-17(14-6-4-3-5-7-14)12-18(22-13)15-8-10-16(11-9-15)19(20)21-2/h3-12H,1-2H3. The predicted octanol–water partition coefficient (Wildman–Crippen LogP) is 4.71. The number of esters is 1. The third kappa shape index (κ3) is 2.66. The van der Waals surface area contributed by atoms with Crippen LogP contribution in [0.25, 0.3) is 22.5 Å². The van der Waals surface area contributed by atoms with Crippen LogP contribution in [0.5, 0.6) is 0 Å². The maximum Gasteiger partial charge on any atom is 0.337 e. The third-order valence-electron chi connectivity index (χ3n) is 3.59. The van der Waals surface area contributed by atoms with Crippen molar-refractivity contribution in [2.24, 2.45) is 0 Å². The Bertz CT molecular complexity index is 783. The van der Waals surface area contributed by atoms with Crippen LogP contribution in [0, 0.1) is 6.92 Å². The van der Waals surface area contributed by atoms with Crippen LogP contribution in [0.3, 0.4) is 0 Å². The van der Waals surface area contributed by atoms with E-state index >= 15 is 0 Å². The molecule has 3 aromatic rings. The second kappa shape index (κ2) is 5.90. The van der Waals surface area contributed by atoms with Gasteiger partial charge in [0.15, 0.2) is 0 Å². The Morgan fingerprint density at radius 3 is 2.27 bits per heavy atom. The van der Waals surface area contributed by atoms with Gasteiger partial charge in [-0.25, -0.2) is 4.79 Å². The molecule has 1 heterocycles. The molecule has 1 aromatic heterocycles. The quantitative estimate of drug-likeness (QED) is 0.656.